The molecule has 2 heterocycles. The maximum atomic E-state index is 13.8. The van der Waals surface area contributed by atoms with Gasteiger partial charge in [0.2, 0.25) is 0 Å². The van der Waals surface area contributed by atoms with E-state index in [1.54, 1.807) is 0 Å². The van der Waals surface area contributed by atoms with Gasteiger partial charge >= 0.3 is 0 Å². The lowest BCUT2D eigenvalue weighted by molar-refractivity contribution is 0.318. The predicted molar refractivity (Wildman–Crippen MR) is 86.3 cm³/mol. The summed E-state index contributed by atoms with van der Waals surface area (Å²) in [7, 11) is 0. The van der Waals surface area contributed by atoms with Gasteiger partial charge in [0.25, 0.3) is 0 Å². The molecule has 1 unspecified atom stereocenters. The van der Waals surface area contributed by atoms with Crippen molar-refractivity contribution in [1.82, 2.24) is 14.5 Å². The highest BCUT2D eigenvalue weighted by Crippen LogP contribution is 2.30. The van der Waals surface area contributed by atoms with Gasteiger partial charge in [-0.25, -0.2) is 13.8 Å². The van der Waals surface area contributed by atoms with Gasteiger partial charge in [-0.1, -0.05) is 6.07 Å². The fraction of sp³-hybridized carbons (Fsp3) is 0.500. The Labute approximate surface area is 135 Å². The third kappa shape index (κ3) is 3.29. The summed E-state index contributed by atoms with van der Waals surface area (Å²) in [6.45, 7) is 8.70. The highest BCUT2D eigenvalue weighted by atomic mass is 19.1. The zero-order chi connectivity index (χ0) is 16.6. The summed E-state index contributed by atoms with van der Waals surface area (Å²) in [6.07, 6.45) is 2.95. The standard InChI is InChI=1S/C18H23F2N3/c1-12(2)23-13(3)9-21-18(23)15-6-7-22(11-15)10-14-4-5-16(19)8-17(14)20/h4-5,8-9,12,15H,6-7,10-11H2,1-3H3. The van der Waals surface area contributed by atoms with Crippen molar-refractivity contribution in [1.29, 1.82) is 0 Å². The lowest BCUT2D eigenvalue weighted by atomic mass is 10.1. The molecule has 0 spiro atoms. The summed E-state index contributed by atoms with van der Waals surface area (Å²) in [6, 6.07) is 4.20. The van der Waals surface area contributed by atoms with Crippen LogP contribution in [-0.2, 0) is 6.54 Å². The summed E-state index contributed by atoms with van der Waals surface area (Å²) in [5.41, 5.74) is 1.73. The first-order valence-corrected chi connectivity index (χ1v) is 8.15. The van der Waals surface area contributed by atoms with Crippen LogP contribution in [0, 0.1) is 18.6 Å². The van der Waals surface area contributed by atoms with E-state index in [2.05, 4.69) is 35.2 Å². The fourth-order valence-electron chi connectivity index (χ4n) is 3.52. The highest BCUT2D eigenvalue weighted by Gasteiger charge is 2.28. The zero-order valence-corrected chi connectivity index (χ0v) is 13.9. The summed E-state index contributed by atoms with van der Waals surface area (Å²) in [4.78, 5) is 6.82. The number of hydrogen-bond donors (Lipinski definition) is 0. The molecule has 0 radical (unpaired) electrons. The van der Waals surface area contributed by atoms with Crippen molar-refractivity contribution >= 4 is 0 Å². The van der Waals surface area contributed by atoms with Gasteiger partial charge in [-0.15, -0.1) is 0 Å². The van der Waals surface area contributed by atoms with E-state index in [4.69, 9.17) is 0 Å². The van der Waals surface area contributed by atoms with Crippen LogP contribution in [0.2, 0.25) is 0 Å². The number of aryl methyl sites for hydroxylation is 1. The topological polar surface area (TPSA) is 21.1 Å². The number of nitrogens with zero attached hydrogens (tertiary/aromatic N) is 3. The SMILES string of the molecule is Cc1cnc(C2CCN(Cc3ccc(F)cc3F)C2)n1C(C)C. The van der Waals surface area contributed by atoms with E-state index in [0.29, 0.717) is 24.1 Å². The minimum atomic E-state index is -0.528. The smallest absolute Gasteiger partial charge is 0.130 e. The molecule has 1 aromatic carbocycles. The largest absolute Gasteiger partial charge is 0.330 e. The second kappa shape index (κ2) is 6.40. The van der Waals surface area contributed by atoms with E-state index < -0.39 is 11.6 Å². The van der Waals surface area contributed by atoms with Crippen molar-refractivity contribution < 1.29 is 8.78 Å². The van der Waals surface area contributed by atoms with Gasteiger partial charge in [-0.05, 0) is 39.8 Å². The number of imidazole rings is 1. The minimum absolute atomic E-state index is 0.370. The molecule has 0 aliphatic carbocycles. The molecule has 1 atom stereocenters. The molecule has 0 bridgehead atoms. The van der Waals surface area contributed by atoms with Crippen molar-refractivity contribution in [2.75, 3.05) is 13.1 Å². The molecule has 3 nitrogen and oxygen atoms in total. The molecule has 5 heteroatoms. The van der Waals surface area contributed by atoms with E-state index in [0.717, 1.165) is 31.4 Å². The quantitative estimate of drug-likeness (QED) is 0.848. The molecule has 23 heavy (non-hydrogen) atoms. The average molecular weight is 319 g/mol. The van der Waals surface area contributed by atoms with Crippen molar-refractivity contribution in [2.45, 2.75) is 45.7 Å². The molecule has 1 saturated heterocycles. The lowest BCUT2D eigenvalue weighted by Crippen LogP contribution is -2.21. The Morgan fingerprint density at radius 3 is 2.78 bits per heavy atom. The van der Waals surface area contributed by atoms with Gasteiger partial charge in [0.1, 0.15) is 17.5 Å². The second-order valence-electron chi connectivity index (χ2n) is 6.68. The van der Waals surface area contributed by atoms with Crippen LogP contribution in [0.5, 0.6) is 0 Å². The first kappa shape index (κ1) is 16.1. The van der Waals surface area contributed by atoms with E-state index in [-0.39, 0.29) is 0 Å². The van der Waals surface area contributed by atoms with Crippen LogP contribution in [0.4, 0.5) is 8.78 Å². The van der Waals surface area contributed by atoms with Gasteiger partial charge in [0.15, 0.2) is 0 Å². The van der Waals surface area contributed by atoms with Gasteiger partial charge in [0, 0.05) is 48.6 Å². The van der Waals surface area contributed by atoms with Crippen LogP contribution >= 0.6 is 0 Å². The summed E-state index contributed by atoms with van der Waals surface area (Å²) in [5, 5.41) is 0. The Hall–Kier alpha value is -1.75. The van der Waals surface area contributed by atoms with Crippen LogP contribution in [0.1, 0.15) is 49.3 Å². The van der Waals surface area contributed by atoms with Gasteiger partial charge < -0.3 is 4.57 Å². The van der Waals surface area contributed by atoms with Crippen molar-refractivity contribution in [3.05, 3.63) is 53.1 Å². The molecule has 0 amide bonds. The van der Waals surface area contributed by atoms with E-state index in [9.17, 15) is 8.78 Å². The Kier molecular flexibility index (Phi) is 4.48. The number of aromatic nitrogens is 2. The lowest BCUT2D eigenvalue weighted by Gasteiger charge is -2.19. The summed E-state index contributed by atoms with van der Waals surface area (Å²) < 4.78 is 29.1. The maximum Gasteiger partial charge on any atom is 0.130 e. The Bertz CT molecular complexity index is 694. The van der Waals surface area contributed by atoms with Gasteiger partial charge in [0.05, 0.1) is 0 Å². The Morgan fingerprint density at radius 1 is 1.30 bits per heavy atom. The molecular weight excluding hydrogens is 296 g/mol. The van der Waals surface area contributed by atoms with Crippen molar-refractivity contribution in [3.63, 3.8) is 0 Å². The third-order valence-corrected chi connectivity index (χ3v) is 4.57. The number of benzene rings is 1. The average Bonchev–Trinajstić information content (AvgIpc) is 3.08. The van der Waals surface area contributed by atoms with Crippen LogP contribution in [0.15, 0.2) is 24.4 Å². The fourth-order valence-corrected chi connectivity index (χ4v) is 3.52. The van der Waals surface area contributed by atoms with Crippen molar-refractivity contribution in [2.24, 2.45) is 0 Å². The number of likely N-dealkylation sites (tertiary alicyclic amines) is 1. The predicted octanol–water partition coefficient (Wildman–Crippen LogP) is 4.04. The minimum Gasteiger partial charge on any atom is -0.330 e. The Morgan fingerprint density at radius 2 is 2.09 bits per heavy atom. The molecule has 3 rings (SSSR count). The maximum absolute atomic E-state index is 13.8. The Balaban J connectivity index is 1.71. The summed E-state index contributed by atoms with van der Waals surface area (Å²) in [5.74, 6) is 0.502. The molecule has 1 aromatic heterocycles. The number of halogens is 2. The number of hydrogen-bond acceptors (Lipinski definition) is 2. The van der Waals surface area contributed by atoms with Crippen LogP contribution in [-0.4, -0.2) is 27.5 Å². The molecule has 1 fully saturated rings. The highest BCUT2D eigenvalue weighted by molar-refractivity contribution is 5.19. The van der Waals surface area contributed by atoms with Crippen molar-refractivity contribution in [3.8, 4) is 0 Å². The summed E-state index contributed by atoms with van der Waals surface area (Å²) >= 11 is 0. The molecule has 1 aliphatic rings. The number of rotatable bonds is 4. The van der Waals surface area contributed by atoms with Crippen LogP contribution < -0.4 is 0 Å². The molecule has 0 N–H and O–H groups in total. The molecule has 0 saturated carbocycles. The zero-order valence-electron chi connectivity index (χ0n) is 13.9. The van der Waals surface area contributed by atoms with Crippen LogP contribution in [0.3, 0.4) is 0 Å². The van der Waals surface area contributed by atoms with Crippen LogP contribution in [0.25, 0.3) is 0 Å². The first-order valence-electron chi connectivity index (χ1n) is 8.15. The molecule has 2 aromatic rings. The van der Waals surface area contributed by atoms with E-state index >= 15 is 0 Å². The monoisotopic (exact) mass is 319 g/mol. The molecular formula is C18H23F2N3. The molecule has 124 valence electrons. The van der Waals surface area contributed by atoms with Gasteiger partial charge in [-0.3, -0.25) is 4.90 Å². The first-order chi connectivity index (χ1) is 11.0. The third-order valence-electron chi connectivity index (χ3n) is 4.57. The molecule has 1 aliphatic heterocycles. The van der Waals surface area contributed by atoms with E-state index in [1.807, 2.05) is 6.20 Å². The van der Waals surface area contributed by atoms with E-state index in [1.165, 1.54) is 17.8 Å². The normalized spacial score (nSPS) is 19.0. The second-order valence-corrected chi connectivity index (χ2v) is 6.68. The van der Waals surface area contributed by atoms with Gasteiger partial charge in [-0.2, -0.15) is 0 Å².